The minimum Gasteiger partial charge on any atom is -0.494 e. The third kappa shape index (κ3) is 7.73. The Morgan fingerprint density at radius 2 is 1.47 bits per heavy atom. The lowest BCUT2D eigenvalue weighted by Gasteiger charge is -2.28. The lowest BCUT2D eigenvalue weighted by molar-refractivity contribution is -0.149. The van der Waals surface area contributed by atoms with Crippen LogP contribution in [0.25, 0.3) is 0 Å². The van der Waals surface area contributed by atoms with Crippen molar-refractivity contribution in [3.63, 3.8) is 0 Å². The maximum absolute atomic E-state index is 12.6. The second-order valence-corrected chi connectivity index (χ2v) is 8.79. The van der Waals surface area contributed by atoms with Crippen LogP contribution in [0, 0.1) is 12.8 Å². The first-order chi connectivity index (χ1) is 17.4. The molecule has 8 heteroatoms. The summed E-state index contributed by atoms with van der Waals surface area (Å²) in [6.45, 7) is 7.19. The topological polar surface area (TPSA) is 103 Å². The van der Waals surface area contributed by atoms with Crippen LogP contribution in [0.3, 0.4) is 0 Å². The molecule has 8 nitrogen and oxygen atoms in total. The lowest BCUT2D eigenvalue weighted by atomic mass is 9.87. The van der Waals surface area contributed by atoms with Crippen molar-refractivity contribution in [3.05, 3.63) is 59.2 Å². The normalized spacial score (nSPS) is 17.1. The van der Waals surface area contributed by atoms with E-state index in [0.717, 1.165) is 37.0 Å². The fourth-order valence-electron chi connectivity index (χ4n) is 4.25. The zero-order chi connectivity index (χ0) is 25.9. The number of esters is 1. The lowest BCUT2D eigenvalue weighted by Crippen LogP contribution is -2.35. The van der Waals surface area contributed by atoms with E-state index < -0.39 is 0 Å². The van der Waals surface area contributed by atoms with Crippen molar-refractivity contribution < 1.29 is 28.6 Å². The first-order valence-corrected chi connectivity index (χ1v) is 12.6. The summed E-state index contributed by atoms with van der Waals surface area (Å²) in [6, 6.07) is 12.3. The Balaban J connectivity index is 1.41. The molecule has 1 aliphatic rings. The van der Waals surface area contributed by atoms with E-state index in [1.54, 1.807) is 36.4 Å². The molecule has 2 aromatic carbocycles. The first-order valence-electron chi connectivity index (χ1n) is 12.6. The van der Waals surface area contributed by atoms with Crippen molar-refractivity contribution in [2.45, 2.75) is 52.6 Å². The molecule has 2 aromatic rings. The Morgan fingerprint density at radius 1 is 0.833 bits per heavy atom. The van der Waals surface area contributed by atoms with Crippen molar-refractivity contribution in [2.75, 3.05) is 26.3 Å². The molecule has 194 valence electrons. The summed E-state index contributed by atoms with van der Waals surface area (Å²) in [5.74, 6) is 0.868. The van der Waals surface area contributed by atoms with Crippen LogP contribution in [-0.2, 0) is 9.53 Å². The summed E-state index contributed by atoms with van der Waals surface area (Å²) in [5, 5.41) is 5.64. The van der Waals surface area contributed by atoms with Crippen LogP contribution in [0.15, 0.2) is 42.5 Å². The van der Waals surface area contributed by atoms with Gasteiger partial charge >= 0.3 is 5.97 Å². The summed E-state index contributed by atoms with van der Waals surface area (Å²) >= 11 is 0. The molecule has 1 fully saturated rings. The minimum absolute atomic E-state index is 0.0386. The number of hydrogen-bond acceptors (Lipinski definition) is 6. The molecule has 2 amide bonds. The van der Waals surface area contributed by atoms with Crippen LogP contribution in [0.1, 0.15) is 65.8 Å². The summed E-state index contributed by atoms with van der Waals surface area (Å²) in [6.07, 6.45) is 3.17. The molecule has 2 N–H and O–H groups in total. The number of ether oxygens (including phenoxy) is 3. The smallest absolute Gasteiger partial charge is 0.308 e. The van der Waals surface area contributed by atoms with Gasteiger partial charge in [-0.05, 0) is 94.5 Å². The van der Waals surface area contributed by atoms with E-state index in [-0.39, 0.29) is 29.8 Å². The molecule has 0 atom stereocenters. The van der Waals surface area contributed by atoms with Gasteiger partial charge in [0.25, 0.3) is 11.8 Å². The summed E-state index contributed by atoms with van der Waals surface area (Å²) in [5.41, 5.74) is 1.90. The number of carbonyl (C=O) groups excluding carboxylic acids is 3. The van der Waals surface area contributed by atoms with E-state index in [1.807, 2.05) is 26.8 Å². The first kappa shape index (κ1) is 27.0. The van der Waals surface area contributed by atoms with Gasteiger partial charge in [0.2, 0.25) is 0 Å². The van der Waals surface area contributed by atoms with Gasteiger partial charge in [-0.25, -0.2) is 0 Å². The molecule has 1 saturated carbocycles. The Bertz CT molecular complexity index is 1030. The molecule has 3 rings (SSSR count). The molecular weight excluding hydrogens is 460 g/mol. The molecule has 0 aromatic heterocycles. The van der Waals surface area contributed by atoms with Gasteiger partial charge in [-0.1, -0.05) is 0 Å². The maximum atomic E-state index is 12.6. The van der Waals surface area contributed by atoms with Crippen LogP contribution < -0.4 is 20.1 Å². The van der Waals surface area contributed by atoms with Gasteiger partial charge in [0.1, 0.15) is 11.5 Å². The molecule has 0 heterocycles. The van der Waals surface area contributed by atoms with Crippen LogP contribution in [0.5, 0.6) is 11.5 Å². The highest BCUT2D eigenvalue weighted by Gasteiger charge is 2.28. The third-order valence-corrected chi connectivity index (χ3v) is 6.16. The predicted octanol–water partition coefficient (Wildman–Crippen LogP) is 4.05. The van der Waals surface area contributed by atoms with Gasteiger partial charge in [0.15, 0.2) is 0 Å². The van der Waals surface area contributed by atoms with Gasteiger partial charge in [0, 0.05) is 24.2 Å². The standard InChI is InChI=1S/C28H36N2O6/c1-4-34-22-10-6-20(7-11-22)26(31)29-16-17-30-27(32)25-15-14-24(18-19(25)3)36-23-12-8-21(9-13-23)28(33)35-5-2/h6-7,10-11,14-15,18,21,23H,4-5,8-9,12-13,16-17H2,1-3H3,(H,29,31)(H,30,32). The fourth-order valence-corrected chi connectivity index (χ4v) is 4.25. The molecule has 0 bridgehead atoms. The fraction of sp³-hybridized carbons (Fsp3) is 0.464. The number of aryl methyl sites for hydroxylation is 1. The third-order valence-electron chi connectivity index (χ3n) is 6.16. The summed E-state index contributed by atoms with van der Waals surface area (Å²) < 4.78 is 16.6. The van der Waals surface area contributed by atoms with Gasteiger partial charge in [-0.3, -0.25) is 14.4 Å². The number of nitrogens with one attached hydrogen (secondary N) is 2. The van der Waals surface area contributed by atoms with E-state index >= 15 is 0 Å². The molecule has 0 unspecified atom stereocenters. The Kier molecular flexibility index (Phi) is 10.2. The van der Waals surface area contributed by atoms with Gasteiger partial charge < -0.3 is 24.8 Å². The van der Waals surface area contributed by atoms with E-state index in [2.05, 4.69) is 10.6 Å². The average Bonchev–Trinajstić information content (AvgIpc) is 2.87. The molecular formula is C28H36N2O6. The van der Waals surface area contributed by atoms with Crippen molar-refractivity contribution in [1.29, 1.82) is 0 Å². The van der Waals surface area contributed by atoms with Crippen molar-refractivity contribution in [1.82, 2.24) is 10.6 Å². The van der Waals surface area contributed by atoms with Crippen molar-refractivity contribution >= 4 is 17.8 Å². The van der Waals surface area contributed by atoms with Gasteiger partial charge in [0.05, 0.1) is 25.2 Å². The summed E-state index contributed by atoms with van der Waals surface area (Å²) in [4.78, 5) is 36.8. The SMILES string of the molecule is CCOC(=O)C1CCC(Oc2ccc(C(=O)NCCNC(=O)c3ccc(OCC)cc3)c(C)c2)CC1. The average molecular weight is 497 g/mol. The molecule has 0 radical (unpaired) electrons. The zero-order valence-corrected chi connectivity index (χ0v) is 21.3. The highest BCUT2D eigenvalue weighted by atomic mass is 16.5. The quantitative estimate of drug-likeness (QED) is 0.359. The van der Waals surface area contributed by atoms with E-state index in [1.165, 1.54) is 0 Å². The molecule has 0 saturated heterocycles. The van der Waals surface area contributed by atoms with E-state index in [4.69, 9.17) is 14.2 Å². The Morgan fingerprint density at radius 3 is 2.08 bits per heavy atom. The van der Waals surface area contributed by atoms with Crippen LogP contribution in [-0.4, -0.2) is 50.2 Å². The number of rotatable bonds is 11. The second kappa shape index (κ2) is 13.5. The minimum atomic E-state index is -0.207. The second-order valence-electron chi connectivity index (χ2n) is 8.79. The van der Waals surface area contributed by atoms with Crippen LogP contribution in [0.4, 0.5) is 0 Å². The molecule has 36 heavy (non-hydrogen) atoms. The Hall–Kier alpha value is -3.55. The molecule has 0 spiro atoms. The number of hydrogen-bond donors (Lipinski definition) is 2. The monoisotopic (exact) mass is 496 g/mol. The van der Waals surface area contributed by atoms with Crippen LogP contribution >= 0.6 is 0 Å². The van der Waals surface area contributed by atoms with E-state index in [9.17, 15) is 14.4 Å². The largest absolute Gasteiger partial charge is 0.494 e. The molecule has 1 aliphatic carbocycles. The van der Waals surface area contributed by atoms with Crippen LogP contribution in [0.2, 0.25) is 0 Å². The van der Waals surface area contributed by atoms with Crippen molar-refractivity contribution in [3.8, 4) is 11.5 Å². The van der Waals surface area contributed by atoms with Crippen molar-refractivity contribution in [2.24, 2.45) is 5.92 Å². The predicted molar refractivity (Wildman–Crippen MR) is 136 cm³/mol. The highest BCUT2D eigenvalue weighted by molar-refractivity contribution is 5.96. The molecule has 0 aliphatic heterocycles. The number of amides is 2. The summed E-state index contributed by atoms with van der Waals surface area (Å²) in [7, 11) is 0. The van der Waals surface area contributed by atoms with E-state index in [0.29, 0.717) is 43.2 Å². The Labute approximate surface area is 212 Å². The van der Waals surface area contributed by atoms with Gasteiger partial charge in [-0.15, -0.1) is 0 Å². The number of carbonyl (C=O) groups is 3. The van der Waals surface area contributed by atoms with Gasteiger partial charge in [-0.2, -0.15) is 0 Å². The number of benzene rings is 2. The zero-order valence-electron chi connectivity index (χ0n) is 21.3. The maximum Gasteiger partial charge on any atom is 0.308 e. The highest BCUT2D eigenvalue weighted by Crippen LogP contribution is 2.29.